The van der Waals surface area contributed by atoms with Crippen molar-refractivity contribution in [3.8, 4) is 0 Å². The van der Waals surface area contributed by atoms with Crippen molar-refractivity contribution in [2.45, 2.75) is 50.2 Å². The van der Waals surface area contributed by atoms with Gasteiger partial charge in [-0.3, -0.25) is 9.78 Å². The van der Waals surface area contributed by atoms with Crippen LogP contribution in [0, 0.1) is 5.92 Å². The Hall–Kier alpha value is -2.78. The van der Waals surface area contributed by atoms with Crippen LogP contribution in [0.3, 0.4) is 0 Å². The molecule has 0 saturated heterocycles. The second-order valence-corrected chi connectivity index (χ2v) is 9.60. The minimum atomic E-state index is -3.85. The number of esters is 2. The zero-order chi connectivity index (χ0) is 23.1. The molecule has 1 aromatic carbocycles. The number of ether oxygens (including phenoxy) is 2. The maximum Gasteiger partial charge on any atom is 0.339 e. The first-order valence-corrected chi connectivity index (χ1v) is 12.1. The Bertz CT molecular complexity index is 1030. The van der Waals surface area contributed by atoms with Crippen LogP contribution in [0.5, 0.6) is 0 Å². The molecule has 1 fully saturated rings. The van der Waals surface area contributed by atoms with Crippen LogP contribution in [0.25, 0.3) is 0 Å². The molecule has 0 spiro atoms. The summed E-state index contributed by atoms with van der Waals surface area (Å²) in [5.41, 5.74) is 1.01. The SMILES string of the molecule is CCN(C1CCC(C(=O)OCc2ccccc2)CC1)S(=O)(=O)c1cncc(C(=O)OC)c1. The van der Waals surface area contributed by atoms with Crippen LogP contribution in [-0.4, -0.2) is 49.3 Å². The van der Waals surface area contributed by atoms with Gasteiger partial charge in [0.15, 0.2) is 0 Å². The summed E-state index contributed by atoms with van der Waals surface area (Å²) in [6, 6.07) is 10.5. The average Bonchev–Trinajstić information content (AvgIpc) is 2.83. The zero-order valence-corrected chi connectivity index (χ0v) is 19.1. The molecule has 9 heteroatoms. The molecule has 0 unspecified atom stereocenters. The fraction of sp³-hybridized carbons (Fsp3) is 0.435. The molecular formula is C23H28N2O6S. The first-order chi connectivity index (χ1) is 15.4. The van der Waals surface area contributed by atoms with Crippen molar-refractivity contribution in [1.82, 2.24) is 9.29 Å². The maximum absolute atomic E-state index is 13.2. The van der Waals surface area contributed by atoms with Crippen molar-refractivity contribution in [1.29, 1.82) is 0 Å². The van der Waals surface area contributed by atoms with Crippen LogP contribution < -0.4 is 0 Å². The van der Waals surface area contributed by atoms with Crippen LogP contribution in [0.1, 0.15) is 48.5 Å². The molecule has 0 amide bonds. The van der Waals surface area contributed by atoms with Gasteiger partial charge in [0.25, 0.3) is 0 Å². The number of rotatable bonds is 8. The molecule has 1 aliphatic rings. The average molecular weight is 461 g/mol. The highest BCUT2D eigenvalue weighted by Crippen LogP contribution is 2.31. The van der Waals surface area contributed by atoms with Crippen LogP contribution in [0.2, 0.25) is 0 Å². The Labute approximate surface area is 188 Å². The van der Waals surface area contributed by atoms with Crippen LogP contribution in [0.15, 0.2) is 53.7 Å². The monoisotopic (exact) mass is 460 g/mol. The first kappa shape index (κ1) is 23.9. The van der Waals surface area contributed by atoms with Crippen molar-refractivity contribution in [3.63, 3.8) is 0 Å². The van der Waals surface area contributed by atoms with E-state index >= 15 is 0 Å². The number of sulfonamides is 1. The normalized spacial score (nSPS) is 18.8. The smallest absolute Gasteiger partial charge is 0.339 e. The lowest BCUT2D eigenvalue weighted by Gasteiger charge is -2.34. The maximum atomic E-state index is 13.2. The Kier molecular flexibility index (Phi) is 7.98. The summed E-state index contributed by atoms with van der Waals surface area (Å²) < 4.78 is 38.0. The highest BCUT2D eigenvalue weighted by atomic mass is 32.2. The third kappa shape index (κ3) is 5.52. The van der Waals surface area contributed by atoms with Crippen molar-refractivity contribution in [2.75, 3.05) is 13.7 Å². The third-order valence-corrected chi connectivity index (χ3v) is 7.71. The van der Waals surface area contributed by atoms with Crippen LogP contribution in [-0.2, 0) is 30.9 Å². The molecule has 0 bridgehead atoms. The number of hydrogen-bond acceptors (Lipinski definition) is 7. The molecule has 0 aliphatic heterocycles. The lowest BCUT2D eigenvalue weighted by Crippen LogP contribution is -2.43. The van der Waals surface area contributed by atoms with E-state index in [2.05, 4.69) is 9.72 Å². The molecule has 0 N–H and O–H groups in total. The quantitative estimate of drug-likeness (QED) is 0.558. The molecular weight excluding hydrogens is 432 g/mol. The van der Waals surface area contributed by atoms with Crippen LogP contribution in [0.4, 0.5) is 0 Å². The summed E-state index contributed by atoms with van der Waals surface area (Å²) in [5.74, 6) is -1.12. The summed E-state index contributed by atoms with van der Waals surface area (Å²) in [4.78, 5) is 28.1. The van der Waals surface area contributed by atoms with Gasteiger partial charge in [0.2, 0.25) is 10.0 Å². The van der Waals surface area contributed by atoms with E-state index in [-0.39, 0.29) is 41.5 Å². The molecule has 1 heterocycles. The minimum Gasteiger partial charge on any atom is -0.465 e. The van der Waals surface area contributed by atoms with Gasteiger partial charge in [0.1, 0.15) is 11.5 Å². The van der Waals surface area contributed by atoms with Gasteiger partial charge in [-0.15, -0.1) is 0 Å². The number of carbonyl (C=O) groups is 2. The second kappa shape index (κ2) is 10.7. The van der Waals surface area contributed by atoms with Crippen LogP contribution >= 0.6 is 0 Å². The molecule has 32 heavy (non-hydrogen) atoms. The van der Waals surface area contributed by atoms with Gasteiger partial charge >= 0.3 is 11.9 Å². The number of benzene rings is 1. The standard InChI is InChI=1S/C23H28N2O6S/c1-3-25(32(28,29)21-13-19(14-24-15-21)22(26)30-2)20-11-9-18(10-12-20)23(27)31-16-17-7-5-4-6-8-17/h4-8,13-15,18,20H,3,9-12,16H2,1-2H3. The predicted octanol–water partition coefficient (Wildman–Crippen LogP) is 3.18. The number of nitrogens with zero attached hydrogens (tertiary/aromatic N) is 2. The van der Waals surface area contributed by atoms with E-state index in [4.69, 9.17) is 4.74 Å². The van der Waals surface area contributed by atoms with E-state index < -0.39 is 16.0 Å². The van der Waals surface area contributed by atoms with E-state index in [1.165, 1.54) is 29.9 Å². The van der Waals surface area contributed by atoms with E-state index in [0.717, 1.165) is 5.56 Å². The van der Waals surface area contributed by atoms with Gasteiger partial charge in [0, 0.05) is 25.0 Å². The molecule has 3 rings (SSSR count). The Morgan fingerprint density at radius 2 is 1.78 bits per heavy atom. The molecule has 1 aromatic heterocycles. The Balaban J connectivity index is 1.63. The van der Waals surface area contributed by atoms with Gasteiger partial charge in [-0.2, -0.15) is 4.31 Å². The molecule has 0 atom stereocenters. The number of carbonyl (C=O) groups excluding carboxylic acids is 2. The molecule has 8 nitrogen and oxygen atoms in total. The van der Waals surface area contributed by atoms with Crippen molar-refractivity contribution < 1.29 is 27.5 Å². The lowest BCUT2D eigenvalue weighted by atomic mass is 9.86. The van der Waals surface area contributed by atoms with Gasteiger partial charge in [-0.05, 0) is 37.3 Å². The molecule has 2 aromatic rings. The van der Waals surface area contributed by atoms with E-state index in [1.54, 1.807) is 6.92 Å². The Morgan fingerprint density at radius 3 is 2.41 bits per heavy atom. The molecule has 1 aliphatic carbocycles. The molecule has 172 valence electrons. The number of methoxy groups -OCH3 is 1. The Morgan fingerprint density at radius 1 is 1.09 bits per heavy atom. The van der Waals surface area contributed by atoms with Crippen molar-refractivity contribution >= 4 is 22.0 Å². The molecule has 0 radical (unpaired) electrons. The third-order valence-electron chi connectivity index (χ3n) is 5.71. The van der Waals surface area contributed by atoms with E-state index in [1.807, 2.05) is 30.3 Å². The summed E-state index contributed by atoms with van der Waals surface area (Å²) >= 11 is 0. The minimum absolute atomic E-state index is 0.0494. The fourth-order valence-electron chi connectivity index (χ4n) is 4.00. The first-order valence-electron chi connectivity index (χ1n) is 10.6. The van der Waals surface area contributed by atoms with Gasteiger partial charge in [-0.25, -0.2) is 13.2 Å². The number of aromatic nitrogens is 1. The highest BCUT2D eigenvalue weighted by Gasteiger charge is 2.36. The fourth-order valence-corrected chi connectivity index (χ4v) is 5.68. The topological polar surface area (TPSA) is 103 Å². The summed E-state index contributed by atoms with van der Waals surface area (Å²) in [7, 11) is -2.62. The van der Waals surface area contributed by atoms with Crippen molar-refractivity contribution in [2.24, 2.45) is 5.92 Å². The number of hydrogen-bond donors (Lipinski definition) is 0. The van der Waals surface area contributed by atoms with Crippen molar-refractivity contribution in [3.05, 3.63) is 59.9 Å². The van der Waals surface area contributed by atoms with Gasteiger partial charge in [0.05, 0.1) is 18.6 Å². The van der Waals surface area contributed by atoms with E-state index in [9.17, 15) is 18.0 Å². The lowest BCUT2D eigenvalue weighted by molar-refractivity contribution is -0.151. The predicted molar refractivity (Wildman–Crippen MR) is 117 cm³/mol. The summed E-state index contributed by atoms with van der Waals surface area (Å²) in [5, 5.41) is 0. The largest absolute Gasteiger partial charge is 0.465 e. The molecule has 1 saturated carbocycles. The summed E-state index contributed by atoms with van der Waals surface area (Å²) in [6.07, 6.45) is 4.74. The second-order valence-electron chi connectivity index (χ2n) is 7.71. The van der Waals surface area contributed by atoms with Gasteiger partial charge in [-0.1, -0.05) is 37.3 Å². The highest BCUT2D eigenvalue weighted by molar-refractivity contribution is 7.89. The van der Waals surface area contributed by atoms with E-state index in [0.29, 0.717) is 25.7 Å². The van der Waals surface area contributed by atoms with Gasteiger partial charge < -0.3 is 9.47 Å². The summed E-state index contributed by atoms with van der Waals surface area (Å²) in [6.45, 7) is 2.28. The zero-order valence-electron chi connectivity index (χ0n) is 18.3. The number of pyridine rings is 1.